The quantitative estimate of drug-likeness (QED) is 0.834. The summed E-state index contributed by atoms with van der Waals surface area (Å²) in [6, 6.07) is 7.72. The molecule has 1 aromatic carbocycles. The molecule has 1 N–H and O–H groups in total. The molecule has 1 heterocycles. The van der Waals surface area contributed by atoms with Gasteiger partial charge in [-0.05, 0) is 12.1 Å². The van der Waals surface area contributed by atoms with Crippen molar-refractivity contribution >= 4 is 22.2 Å². The summed E-state index contributed by atoms with van der Waals surface area (Å²) in [6.45, 7) is 0. The van der Waals surface area contributed by atoms with Gasteiger partial charge in [-0.1, -0.05) is 28.1 Å². The molecular weight excluding hydrogens is 244 g/mol. The van der Waals surface area contributed by atoms with Crippen molar-refractivity contribution in [1.82, 2.24) is 9.97 Å². The van der Waals surface area contributed by atoms with E-state index in [0.29, 0.717) is 11.5 Å². The molecule has 0 aliphatic rings. The van der Waals surface area contributed by atoms with Crippen LogP contribution in [-0.4, -0.2) is 16.3 Å². The lowest BCUT2D eigenvalue weighted by molar-refractivity contribution is 0.111. The van der Waals surface area contributed by atoms with Crippen LogP contribution in [-0.2, 0) is 0 Å². The second-order valence-electron chi connectivity index (χ2n) is 2.82. The minimum atomic E-state index is 0.486. The van der Waals surface area contributed by atoms with Crippen molar-refractivity contribution in [3.63, 3.8) is 0 Å². The first-order valence-electron chi connectivity index (χ1n) is 4.06. The van der Waals surface area contributed by atoms with Crippen LogP contribution in [0.4, 0.5) is 0 Å². The second kappa shape index (κ2) is 3.75. The number of hydrogen-bond acceptors (Lipinski definition) is 2. The van der Waals surface area contributed by atoms with Crippen LogP contribution in [0, 0.1) is 0 Å². The average Bonchev–Trinajstić information content (AvgIpc) is 2.66. The van der Waals surface area contributed by atoms with Crippen LogP contribution in [0.2, 0.25) is 0 Å². The number of halogens is 1. The Morgan fingerprint density at radius 2 is 2.29 bits per heavy atom. The van der Waals surface area contributed by atoms with E-state index in [1.165, 1.54) is 6.20 Å². The Morgan fingerprint density at radius 1 is 1.43 bits per heavy atom. The minimum Gasteiger partial charge on any atom is -0.336 e. The first kappa shape index (κ1) is 9.15. The number of benzene rings is 1. The lowest BCUT2D eigenvalue weighted by Crippen LogP contribution is -1.81. The van der Waals surface area contributed by atoms with Crippen LogP contribution in [0.25, 0.3) is 11.4 Å². The molecule has 0 saturated carbocycles. The summed E-state index contributed by atoms with van der Waals surface area (Å²) in [5.41, 5.74) is 1.44. The first-order chi connectivity index (χ1) is 6.79. The maximum Gasteiger partial charge on any atom is 0.167 e. The molecule has 2 rings (SSSR count). The monoisotopic (exact) mass is 250 g/mol. The maximum atomic E-state index is 10.4. The summed E-state index contributed by atoms with van der Waals surface area (Å²) in [6.07, 6.45) is 2.26. The largest absolute Gasteiger partial charge is 0.336 e. The number of rotatable bonds is 2. The molecule has 1 aromatic heterocycles. The summed E-state index contributed by atoms with van der Waals surface area (Å²) in [7, 11) is 0. The normalized spacial score (nSPS) is 10.1. The van der Waals surface area contributed by atoms with E-state index in [2.05, 4.69) is 25.9 Å². The highest BCUT2D eigenvalue weighted by Crippen LogP contribution is 2.19. The van der Waals surface area contributed by atoms with E-state index in [1.54, 1.807) is 0 Å². The van der Waals surface area contributed by atoms with Crippen molar-refractivity contribution in [2.75, 3.05) is 0 Å². The summed E-state index contributed by atoms with van der Waals surface area (Å²) >= 11 is 3.37. The molecule has 0 spiro atoms. The van der Waals surface area contributed by atoms with E-state index in [1.807, 2.05) is 24.3 Å². The lowest BCUT2D eigenvalue weighted by atomic mass is 10.2. The molecule has 4 heteroatoms. The first-order valence-corrected chi connectivity index (χ1v) is 4.85. The molecule has 0 bridgehead atoms. The molecule has 14 heavy (non-hydrogen) atoms. The molecule has 0 radical (unpaired) electrons. The highest BCUT2D eigenvalue weighted by Gasteiger charge is 2.02. The molecule has 3 nitrogen and oxygen atoms in total. The number of nitrogens with one attached hydrogen (secondary N) is 1. The molecule has 0 saturated heterocycles. The van der Waals surface area contributed by atoms with Gasteiger partial charge >= 0.3 is 0 Å². The van der Waals surface area contributed by atoms with Crippen LogP contribution in [0.3, 0.4) is 0 Å². The van der Waals surface area contributed by atoms with Crippen molar-refractivity contribution < 1.29 is 4.79 Å². The number of carbonyl (C=O) groups is 1. The van der Waals surface area contributed by atoms with Gasteiger partial charge in [-0.25, -0.2) is 4.98 Å². The van der Waals surface area contributed by atoms with Crippen molar-refractivity contribution in [2.24, 2.45) is 0 Å². The molecule has 2 aromatic rings. The van der Waals surface area contributed by atoms with Crippen LogP contribution in [0.5, 0.6) is 0 Å². The van der Waals surface area contributed by atoms with Crippen molar-refractivity contribution in [3.8, 4) is 11.4 Å². The number of hydrogen-bond donors (Lipinski definition) is 1. The van der Waals surface area contributed by atoms with E-state index in [4.69, 9.17) is 0 Å². The Kier molecular flexibility index (Phi) is 2.45. The lowest BCUT2D eigenvalue weighted by Gasteiger charge is -1.96. The number of aromatic amines is 1. The number of carbonyl (C=O) groups excluding carboxylic acids is 1. The van der Waals surface area contributed by atoms with Gasteiger partial charge in [-0.15, -0.1) is 0 Å². The van der Waals surface area contributed by atoms with E-state index < -0.39 is 0 Å². The number of aldehydes is 1. The average molecular weight is 251 g/mol. The summed E-state index contributed by atoms with van der Waals surface area (Å²) < 4.78 is 0.985. The van der Waals surface area contributed by atoms with Gasteiger partial charge in [0.05, 0.1) is 11.9 Å². The zero-order valence-corrected chi connectivity index (χ0v) is 8.78. The summed E-state index contributed by atoms with van der Waals surface area (Å²) in [4.78, 5) is 17.4. The van der Waals surface area contributed by atoms with Gasteiger partial charge in [0.15, 0.2) is 6.29 Å². The van der Waals surface area contributed by atoms with Gasteiger partial charge in [0.1, 0.15) is 5.82 Å². The smallest absolute Gasteiger partial charge is 0.167 e. The van der Waals surface area contributed by atoms with E-state index >= 15 is 0 Å². The standard InChI is InChI=1S/C10H7BrN2O/c11-8-3-1-2-7(4-8)10-12-5-9(6-14)13-10/h1-6H,(H,12,13). The van der Waals surface area contributed by atoms with Gasteiger partial charge in [-0.3, -0.25) is 4.79 Å². The number of H-pyrrole nitrogens is 1. The highest BCUT2D eigenvalue weighted by atomic mass is 79.9. The number of imidazole rings is 1. The predicted octanol–water partition coefficient (Wildman–Crippen LogP) is 2.65. The zero-order valence-electron chi connectivity index (χ0n) is 7.20. The third kappa shape index (κ3) is 1.75. The minimum absolute atomic E-state index is 0.486. The molecule has 0 atom stereocenters. The molecule has 0 fully saturated rings. The van der Waals surface area contributed by atoms with Gasteiger partial charge in [0.2, 0.25) is 0 Å². The van der Waals surface area contributed by atoms with Crippen LogP contribution in [0.15, 0.2) is 34.9 Å². The van der Waals surface area contributed by atoms with Gasteiger partial charge in [0.25, 0.3) is 0 Å². The Bertz CT molecular complexity index is 465. The Labute approximate surface area is 89.3 Å². The molecule has 70 valence electrons. The van der Waals surface area contributed by atoms with Crippen molar-refractivity contribution in [2.45, 2.75) is 0 Å². The fraction of sp³-hybridized carbons (Fsp3) is 0. The van der Waals surface area contributed by atoms with Crippen LogP contribution >= 0.6 is 15.9 Å². The van der Waals surface area contributed by atoms with Crippen molar-refractivity contribution in [1.29, 1.82) is 0 Å². The predicted molar refractivity (Wildman–Crippen MR) is 57.1 cm³/mol. The van der Waals surface area contributed by atoms with E-state index in [-0.39, 0.29) is 0 Å². The highest BCUT2D eigenvalue weighted by molar-refractivity contribution is 9.10. The fourth-order valence-corrected chi connectivity index (χ4v) is 1.58. The third-order valence-electron chi connectivity index (χ3n) is 1.82. The third-order valence-corrected chi connectivity index (χ3v) is 2.31. The Hall–Kier alpha value is -1.42. The van der Waals surface area contributed by atoms with Gasteiger partial charge in [-0.2, -0.15) is 0 Å². The maximum absolute atomic E-state index is 10.4. The van der Waals surface area contributed by atoms with Gasteiger partial charge < -0.3 is 4.98 Å². The van der Waals surface area contributed by atoms with E-state index in [9.17, 15) is 4.79 Å². The molecule has 0 amide bonds. The van der Waals surface area contributed by atoms with Gasteiger partial charge in [0, 0.05) is 10.0 Å². The van der Waals surface area contributed by atoms with Crippen molar-refractivity contribution in [3.05, 3.63) is 40.6 Å². The van der Waals surface area contributed by atoms with E-state index in [0.717, 1.165) is 16.3 Å². The summed E-state index contributed by atoms with van der Waals surface area (Å²) in [5.74, 6) is 0.702. The SMILES string of the molecule is O=Cc1cnc(-c2cccc(Br)c2)[nH]1. The second-order valence-corrected chi connectivity index (χ2v) is 3.73. The van der Waals surface area contributed by atoms with Crippen LogP contribution < -0.4 is 0 Å². The molecule has 0 aliphatic heterocycles. The number of nitrogens with zero attached hydrogens (tertiary/aromatic N) is 1. The fourth-order valence-electron chi connectivity index (χ4n) is 1.18. The molecule has 0 unspecified atom stereocenters. The summed E-state index contributed by atoms with van der Waals surface area (Å²) in [5, 5.41) is 0. The number of aromatic nitrogens is 2. The molecular formula is C10H7BrN2O. The topological polar surface area (TPSA) is 45.8 Å². The Balaban J connectivity index is 2.43. The zero-order chi connectivity index (χ0) is 9.97. The van der Waals surface area contributed by atoms with Crippen LogP contribution in [0.1, 0.15) is 10.5 Å². The Morgan fingerprint density at radius 3 is 2.93 bits per heavy atom. The molecule has 0 aliphatic carbocycles.